The van der Waals surface area contributed by atoms with Crippen LogP contribution in [0.4, 0.5) is 5.69 Å². The van der Waals surface area contributed by atoms with Crippen molar-refractivity contribution >= 4 is 28.6 Å². The molecule has 0 aliphatic rings. The van der Waals surface area contributed by atoms with Gasteiger partial charge >= 0.3 is 0 Å². The molecule has 0 fully saturated rings. The smallest absolute Gasteiger partial charge is 0.120 e. The fraction of sp³-hybridized carbons (Fsp3) is 0.250. The SMILES string of the molecule is COc1cccc(NC(CO)c2ncc(Cl)s2)c1. The molecule has 96 valence electrons. The maximum absolute atomic E-state index is 9.41. The first kappa shape index (κ1) is 13.1. The van der Waals surface area contributed by atoms with Gasteiger partial charge in [-0.2, -0.15) is 0 Å². The number of anilines is 1. The molecule has 1 aromatic carbocycles. The molecule has 2 aromatic rings. The molecule has 1 atom stereocenters. The van der Waals surface area contributed by atoms with Crippen molar-refractivity contribution in [2.24, 2.45) is 0 Å². The number of aliphatic hydroxyl groups excluding tert-OH is 1. The minimum atomic E-state index is -0.269. The zero-order valence-corrected chi connectivity index (χ0v) is 11.3. The van der Waals surface area contributed by atoms with Gasteiger partial charge in [-0.25, -0.2) is 4.98 Å². The maximum atomic E-state index is 9.41. The molecule has 6 heteroatoms. The van der Waals surface area contributed by atoms with Crippen molar-refractivity contribution in [3.8, 4) is 5.75 Å². The maximum Gasteiger partial charge on any atom is 0.120 e. The lowest BCUT2D eigenvalue weighted by molar-refractivity contribution is 0.276. The van der Waals surface area contributed by atoms with Gasteiger partial charge in [0.05, 0.1) is 19.9 Å². The number of ether oxygens (including phenoxy) is 1. The first-order valence-corrected chi connectivity index (χ1v) is 6.55. The van der Waals surface area contributed by atoms with Crippen LogP contribution in [-0.4, -0.2) is 23.8 Å². The number of hydrogen-bond acceptors (Lipinski definition) is 5. The zero-order valence-electron chi connectivity index (χ0n) is 9.76. The fourth-order valence-electron chi connectivity index (χ4n) is 1.53. The molecule has 1 unspecified atom stereocenters. The number of aromatic nitrogens is 1. The van der Waals surface area contributed by atoms with Gasteiger partial charge in [0.2, 0.25) is 0 Å². The third-order valence-corrected chi connectivity index (χ3v) is 3.62. The molecule has 4 nitrogen and oxygen atoms in total. The number of nitrogens with zero attached hydrogens (tertiary/aromatic N) is 1. The summed E-state index contributed by atoms with van der Waals surface area (Å²) in [6.45, 7) is -0.0545. The summed E-state index contributed by atoms with van der Waals surface area (Å²) in [6.07, 6.45) is 1.58. The average Bonchev–Trinajstić information content (AvgIpc) is 2.82. The van der Waals surface area contributed by atoms with Crippen LogP contribution in [0.5, 0.6) is 5.75 Å². The Kier molecular flexibility index (Phi) is 4.41. The van der Waals surface area contributed by atoms with Crippen molar-refractivity contribution in [3.05, 3.63) is 39.8 Å². The molecule has 0 saturated heterocycles. The third kappa shape index (κ3) is 3.13. The second-order valence-corrected chi connectivity index (χ2v) is 5.31. The van der Waals surface area contributed by atoms with E-state index < -0.39 is 0 Å². The van der Waals surface area contributed by atoms with Gasteiger partial charge in [-0.15, -0.1) is 11.3 Å². The van der Waals surface area contributed by atoms with Crippen molar-refractivity contribution in [2.45, 2.75) is 6.04 Å². The predicted molar refractivity (Wildman–Crippen MR) is 73.6 cm³/mol. The van der Waals surface area contributed by atoms with E-state index >= 15 is 0 Å². The minimum Gasteiger partial charge on any atom is -0.497 e. The lowest BCUT2D eigenvalue weighted by Gasteiger charge is -2.15. The van der Waals surface area contributed by atoms with Crippen LogP contribution in [-0.2, 0) is 0 Å². The highest BCUT2D eigenvalue weighted by Gasteiger charge is 2.14. The Morgan fingerprint density at radius 1 is 1.56 bits per heavy atom. The number of benzene rings is 1. The standard InChI is InChI=1S/C12H13ClN2O2S/c1-17-9-4-2-3-8(5-9)15-10(7-16)12-14-6-11(13)18-12/h2-6,10,15-16H,7H2,1H3. The molecule has 18 heavy (non-hydrogen) atoms. The number of halogens is 1. The molecule has 2 N–H and O–H groups in total. The van der Waals surface area contributed by atoms with E-state index in [-0.39, 0.29) is 12.6 Å². The predicted octanol–water partition coefficient (Wildman–Crippen LogP) is 2.95. The van der Waals surface area contributed by atoms with E-state index in [2.05, 4.69) is 10.3 Å². The highest BCUT2D eigenvalue weighted by Crippen LogP contribution is 2.27. The molecule has 0 radical (unpaired) electrons. The first-order chi connectivity index (χ1) is 8.72. The molecule has 0 amide bonds. The summed E-state index contributed by atoms with van der Waals surface area (Å²) in [5.41, 5.74) is 0.861. The van der Waals surface area contributed by atoms with Crippen LogP contribution in [0.2, 0.25) is 4.34 Å². The fourth-order valence-corrected chi connectivity index (χ4v) is 2.50. The summed E-state index contributed by atoms with van der Waals surface area (Å²) in [7, 11) is 1.61. The quantitative estimate of drug-likeness (QED) is 0.886. The first-order valence-electron chi connectivity index (χ1n) is 5.35. The molecule has 1 heterocycles. The van der Waals surface area contributed by atoms with Crippen LogP contribution in [0.1, 0.15) is 11.0 Å². The summed E-state index contributed by atoms with van der Waals surface area (Å²) >= 11 is 7.19. The van der Waals surface area contributed by atoms with Crippen molar-refractivity contribution in [1.29, 1.82) is 0 Å². The van der Waals surface area contributed by atoms with Gasteiger partial charge in [0, 0.05) is 11.8 Å². The summed E-state index contributed by atoms with van der Waals surface area (Å²) < 4.78 is 5.75. The molecule has 0 spiro atoms. The van der Waals surface area contributed by atoms with E-state index in [4.69, 9.17) is 16.3 Å². The van der Waals surface area contributed by atoms with Crippen LogP contribution in [0, 0.1) is 0 Å². The monoisotopic (exact) mass is 284 g/mol. The zero-order chi connectivity index (χ0) is 13.0. The summed E-state index contributed by atoms with van der Waals surface area (Å²) in [5.74, 6) is 0.758. The average molecular weight is 285 g/mol. The van der Waals surface area contributed by atoms with Crippen molar-refractivity contribution in [3.63, 3.8) is 0 Å². The number of hydrogen-bond donors (Lipinski definition) is 2. The topological polar surface area (TPSA) is 54.4 Å². The number of thiazole rings is 1. The van der Waals surface area contributed by atoms with Gasteiger partial charge in [-0.05, 0) is 12.1 Å². The lowest BCUT2D eigenvalue weighted by Crippen LogP contribution is -2.14. The molecular formula is C12H13ClN2O2S. The van der Waals surface area contributed by atoms with E-state index in [9.17, 15) is 5.11 Å². The van der Waals surface area contributed by atoms with Gasteiger partial charge in [-0.3, -0.25) is 0 Å². The Morgan fingerprint density at radius 3 is 3.00 bits per heavy atom. The number of rotatable bonds is 5. The van der Waals surface area contributed by atoms with Crippen molar-refractivity contribution in [1.82, 2.24) is 4.98 Å². The Bertz CT molecular complexity index is 518. The molecule has 0 saturated carbocycles. The third-order valence-electron chi connectivity index (χ3n) is 2.39. The van der Waals surface area contributed by atoms with E-state index in [0.29, 0.717) is 4.34 Å². The Hall–Kier alpha value is -1.30. The second-order valence-electron chi connectivity index (χ2n) is 3.61. The van der Waals surface area contributed by atoms with Gasteiger partial charge in [-0.1, -0.05) is 17.7 Å². The normalized spacial score (nSPS) is 12.2. The largest absolute Gasteiger partial charge is 0.497 e. The number of nitrogens with one attached hydrogen (secondary N) is 1. The number of methoxy groups -OCH3 is 1. The Balaban J connectivity index is 2.14. The van der Waals surface area contributed by atoms with Crippen molar-refractivity contribution < 1.29 is 9.84 Å². The van der Waals surface area contributed by atoms with Gasteiger partial charge in [0.1, 0.15) is 21.1 Å². The minimum absolute atomic E-state index is 0.0545. The van der Waals surface area contributed by atoms with Crippen LogP contribution in [0.3, 0.4) is 0 Å². The highest BCUT2D eigenvalue weighted by molar-refractivity contribution is 7.15. The van der Waals surface area contributed by atoms with E-state index in [1.165, 1.54) is 11.3 Å². The van der Waals surface area contributed by atoms with Gasteiger partial charge in [0.25, 0.3) is 0 Å². The Labute approximate surface area is 114 Å². The second kappa shape index (κ2) is 6.04. The van der Waals surface area contributed by atoms with Crippen LogP contribution in [0.25, 0.3) is 0 Å². The van der Waals surface area contributed by atoms with Crippen LogP contribution < -0.4 is 10.1 Å². The van der Waals surface area contributed by atoms with E-state index in [1.807, 2.05) is 24.3 Å². The van der Waals surface area contributed by atoms with Crippen molar-refractivity contribution in [2.75, 3.05) is 19.0 Å². The molecule has 0 bridgehead atoms. The summed E-state index contributed by atoms with van der Waals surface area (Å²) in [4.78, 5) is 4.16. The van der Waals surface area contributed by atoms with E-state index in [0.717, 1.165) is 16.4 Å². The van der Waals surface area contributed by atoms with Gasteiger partial charge < -0.3 is 15.2 Å². The molecule has 1 aromatic heterocycles. The van der Waals surface area contributed by atoms with Gasteiger partial charge in [0.15, 0.2) is 0 Å². The summed E-state index contributed by atoms with van der Waals surface area (Å²) in [5, 5.41) is 13.4. The van der Waals surface area contributed by atoms with E-state index in [1.54, 1.807) is 13.3 Å². The highest BCUT2D eigenvalue weighted by atomic mass is 35.5. The van der Waals surface area contributed by atoms with Crippen LogP contribution in [0.15, 0.2) is 30.5 Å². The Morgan fingerprint density at radius 2 is 2.39 bits per heavy atom. The molecule has 0 aliphatic heterocycles. The van der Waals surface area contributed by atoms with Crippen LogP contribution >= 0.6 is 22.9 Å². The molecule has 0 aliphatic carbocycles. The molecular weight excluding hydrogens is 272 g/mol. The number of aliphatic hydroxyl groups is 1. The summed E-state index contributed by atoms with van der Waals surface area (Å²) in [6, 6.07) is 7.23. The molecule has 2 rings (SSSR count). The lowest BCUT2D eigenvalue weighted by atomic mass is 10.2.